The van der Waals surface area contributed by atoms with Crippen LogP contribution in [0.1, 0.15) is 50.0 Å². The van der Waals surface area contributed by atoms with E-state index in [2.05, 4.69) is 16.6 Å². The largest absolute Gasteiger partial charge is 0.465 e. The molecule has 9 nitrogen and oxygen atoms in total. The molecule has 32 heavy (non-hydrogen) atoms. The lowest BCUT2D eigenvalue weighted by Gasteiger charge is -2.33. The second-order valence-electron chi connectivity index (χ2n) is 9.06. The first-order valence-electron chi connectivity index (χ1n) is 11.0. The molecule has 2 aliphatic rings. The molecule has 1 fully saturated rings. The maximum Gasteiger partial charge on any atom is 0.412 e. The van der Waals surface area contributed by atoms with E-state index in [0.29, 0.717) is 30.2 Å². The van der Waals surface area contributed by atoms with Gasteiger partial charge in [0.1, 0.15) is 5.82 Å². The fourth-order valence-electron chi connectivity index (χ4n) is 5.21. The molecule has 4 heterocycles. The summed E-state index contributed by atoms with van der Waals surface area (Å²) in [4.78, 5) is 18.4. The monoisotopic (exact) mass is 459 g/mol. The fourth-order valence-corrected chi connectivity index (χ4v) is 6.96. The second kappa shape index (κ2) is 7.79. The molecule has 0 bridgehead atoms. The van der Waals surface area contributed by atoms with Crippen molar-refractivity contribution in [1.82, 2.24) is 19.3 Å². The van der Waals surface area contributed by atoms with E-state index >= 15 is 0 Å². The number of amides is 1. The molecule has 0 saturated carbocycles. The maximum atomic E-state index is 11.9. The van der Waals surface area contributed by atoms with E-state index in [0.717, 1.165) is 35.3 Å². The van der Waals surface area contributed by atoms with Crippen LogP contribution >= 0.6 is 10.6 Å². The van der Waals surface area contributed by atoms with E-state index in [9.17, 15) is 19.0 Å². The predicted molar refractivity (Wildman–Crippen MR) is 125 cm³/mol. The van der Waals surface area contributed by atoms with Crippen LogP contribution in [0.5, 0.6) is 0 Å². The molecule has 0 aliphatic carbocycles. The Balaban J connectivity index is 1.66. The van der Waals surface area contributed by atoms with Gasteiger partial charge in [-0.05, 0) is 44.4 Å². The Morgan fingerprint density at radius 3 is 2.78 bits per heavy atom. The molecule has 3 unspecified atom stereocenters. The highest BCUT2D eigenvalue weighted by atomic mass is 32.3. The number of anilines is 1. The first-order chi connectivity index (χ1) is 15.2. The number of carboxylic acid groups (broad SMARTS) is 1. The normalized spacial score (nSPS) is 24.4. The van der Waals surface area contributed by atoms with Crippen LogP contribution in [0.25, 0.3) is 11.0 Å². The van der Waals surface area contributed by atoms with Crippen molar-refractivity contribution in [1.29, 1.82) is 0 Å². The summed E-state index contributed by atoms with van der Waals surface area (Å²) in [6.07, 6.45) is 4.91. The lowest BCUT2D eigenvalue weighted by molar-refractivity contribution is 0.198. The van der Waals surface area contributed by atoms with Gasteiger partial charge in [-0.3, -0.25) is 18.7 Å². The first kappa shape index (κ1) is 21.3. The zero-order valence-electron chi connectivity index (χ0n) is 18.3. The molecule has 3 atom stereocenters. The van der Waals surface area contributed by atoms with Crippen LogP contribution in [0.15, 0.2) is 30.6 Å². The van der Waals surface area contributed by atoms with Crippen molar-refractivity contribution < 1.29 is 19.0 Å². The molecule has 1 aromatic carbocycles. The minimum atomic E-state index is -2.58. The highest BCUT2D eigenvalue weighted by Crippen LogP contribution is 2.51. The molecular weight excluding hydrogens is 430 g/mol. The smallest absolute Gasteiger partial charge is 0.412 e. The maximum absolute atomic E-state index is 11.9. The third-order valence-corrected chi connectivity index (χ3v) is 8.56. The summed E-state index contributed by atoms with van der Waals surface area (Å²) in [5.74, 6) is 1.65. The zero-order valence-corrected chi connectivity index (χ0v) is 19.1. The number of hydrogen-bond acceptors (Lipinski definition) is 5. The second-order valence-corrected chi connectivity index (χ2v) is 11.4. The number of imidazole rings is 1. The summed E-state index contributed by atoms with van der Waals surface area (Å²) >= 11 is 0. The molecule has 10 heteroatoms. The van der Waals surface area contributed by atoms with Crippen molar-refractivity contribution >= 4 is 33.4 Å². The summed E-state index contributed by atoms with van der Waals surface area (Å²) in [6, 6.07) is 5.59. The number of hydrogen-bond donors (Lipinski definition) is 3. The number of fused-ring (bicyclic) bond motifs is 3. The number of benzene rings is 1. The first-order valence-corrected chi connectivity index (χ1v) is 12.9. The average molecular weight is 460 g/mol. The molecule has 3 N–H and O–H groups in total. The van der Waals surface area contributed by atoms with Crippen LogP contribution < -0.4 is 4.90 Å². The number of aromatic nitrogens is 4. The Hall–Kier alpha value is -2.56. The Morgan fingerprint density at radius 1 is 1.31 bits per heavy atom. The Labute approximate surface area is 188 Å². The highest BCUT2D eigenvalue weighted by Gasteiger charge is 2.35. The SMILES string of the molecule is CC(Cn1cccn1)c1nc2c3c(ccc2n1C1CCS(O)(O)C1)N(C(=O)O)C(C)CC3. The molecule has 1 amide bonds. The summed E-state index contributed by atoms with van der Waals surface area (Å²) in [6.45, 7) is 4.69. The van der Waals surface area contributed by atoms with Gasteiger partial charge >= 0.3 is 6.09 Å². The van der Waals surface area contributed by atoms with Crippen molar-refractivity contribution in [2.24, 2.45) is 0 Å². The van der Waals surface area contributed by atoms with Crippen LogP contribution in [0, 0.1) is 0 Å². The van der Waals surface area contributed by atoms with E-state index in [4.69, 9.17) is 4.98 Å². The molecule has 0 spiro atoms. The molecule has 2 aromatic heterocycles. The van der Waals surface area contributed by atoms with Gasteiger partial charge in [-0.1, -0.05) is 6.92 Å². The van der Waals surface area contributed by atoms with Crippen LogP contribution in [0.4, 0.5) is 10.5 Å². The van der Waals surface area contributed by atoms with Gasteiger partial charge in [-0.2, -0.15) is 15.7 Å². The van der Waals surface area contributed by atoms with E-state index < -0.39 is 16.7 Å². The van der Waals surface area contributed by atoms with Crippen LogP contribution in [0.2, 0.25) is 0 Å². The van der Waals surface area contributed by atoms with Crippen molar-refractivity contribution in [3.8, 4) is 0 Å². The Morgan fingerprint density at radius 2 is 2.12 bits per heavy atom. The Kier molecular flexibility index (Phi) is 5.18. The molecule has 1 saturated heterocycles. The van der Waals surface area contributed by atoms with E-state index in [1.807, 2.05) is 36.0 Å². The van der Waals surface area contributed by atoms with Crippen LogP contribution in [-0.4, -0.2) is 57.2 Å². The third kappa shape index (κ3) is 3.56. The van der Waals surface area contributed by atoms with Crippen LogP contribution in [0.3, 0.4) is 0 Å². The number of nitrogens with zero attached hydrogens (tertiary/aromatic N) is 5. The third-order valence-electron chi connectivity index (χ3n) is 6.75. The number of carbonyl (C=O) groups is 1. The van der Waals surface area contributed by atoms with E-state index in [-0.39, 0.29) is 18.0 Å². The summed E-state index contributed by atoms with van der Waals surface area (Å²) in [5.41, 5.74) is 3.42. The summed E-state index contributed by atoms with van der Waals surface area (Å²) in [5, 5.41) is 14.1. The van der Waals surface area contributed by atoms with Gasteiger partial charge in [-0.15, -0.1) is 0 Å². The number of aryl methyl sites for hydroxylation is 1. The lowest BCUT2D eigenvalue weighted by Crippen LogP contribution is -2.41. The molecule has 5 rings (SSSR count). The van der Waals surface area contributed by atoms with Gasteiger partial charge in [0.15, 0.2) is 0 Å². The van der Waals surface area contributed by atoms with Gasteiger partial charge in [-0.25, -0.2) is 9.78 Å². The van der Waals surface area contributed by atoms with Crippen molar-refractivity contribution in [2.75, 3.05) is 16.4 Å². The van der Waals surface area contributed by atoms with E-state index in [1.165, 1.54) is 4.90 Å². The summed E-state index contributed by atoms with van der Waals surface area (Å²) < 4.78 is 24.7. The van der Waals surface area contributed by atoms with E-state index in [1.54, 1.807) is 6.20 Å². The topological polar surface area (TPSA) is 117 Å². The minimum Gasteiger partial charge on any atom is -0.465 e. The molecule has 3 aromatic rings. The van der Waals surface area contributed by atoms with Gasteiger partial charge in [0.2, 0.25) is 0 Å². The standard InChI is InChI=1S/C22H29N5O4S/c1-14(12-25-10-3-9-23-25)21-24-20-17-5-4-15(2)26(22(28)29)18(17)6-7-19(20)27(21)16-8-11-32(30,31)13-16/h3,6-7,9-10,14-16,30-31H,4-5,8,11-13H2,1-2H3,(H,28,29). The number of rotatable bonds is 4. The predicted octanol–water partition coefficient (Wildman–Crippen LogP) is 4.55. The van der Waals surface area contributed by atoms with Gasteiger partial charge < -0.3 is 9.67 Å². The van der Waals surface area contributed by atoms with Gasteiger partial charge in [0.25, 0.3) is 0 Å². The average Bonchev–Trinajstić information content (AvgIpc) is 3.45. The highest BCUT2D eigenvalue weighted by molar-refractivity contribution is 8.24. The van der Waals surface area contributed by atoms with Crippen molar-refractivity contribution in [3.63, 3.8) is 0 Å². The quantitative estimate of drug-likeness (QED) is 0.527. The Bertz CT molecular complexity index is 1160. The molecule has 2 aliphatic heterocycles. The fraction of sp³-hybridized carbons (Fsp3) is 0.500. The minimum absolute atomic E-state index is 0.0402. The van der Waals surface area contributed by atoms with Crippen LogP contribution in [-0.2, 0) is 13.0 Å². The van der Waals surface area contributed by atoms with Gasteiger partial charge in [0.05, 0.1) is 35.1 Å². The van der Waals surface area contributed by atoms with Crippen molar-refractivity contribution in [2.45, 2.75) is 57.7 Å². The molecule has 0 radical (unpaired) electrons. The molecular formula is C22H29N5O4S. The lowest BCUT2D eigenvalue weighted by atomic mass is 9.95. The molecule has 172 valence electrons. The summed E-state index contributed by atoms with van der Waals surface area (Å²) in [7, 11) is -2.58. The zero-order chi connectivity index (χ0) is 22.6. The van der Waals surface area contributed by atoms with Crippen molar-refractivity contribution in [3.05, 3.63) is 42.0 Å². The van der Waals surface area contributed by atoms with Gasteiger partial charge in [0, 0.05) is 35.7 Å².